The van der Waals surface area contributed by atoms with E-state index in [1.54, 1.807) is 4.90 Å². The van der Waals surface area contributed by atoms with Crippen molar-refractivity contribution < 1.29 is 31.1 Å². The second-order valence-corrected chi connectivity index (χ2v) is 10.8. The van der Waals surface area contributed by atoms with Crippen LogP contribution in [0, 0.1) is 0 Å². The average Bonchev–Trinajstić information content (AvgIpc) is 3.17. The summed E-state index contributed by atoms with van der Waals surface area (Å²) >= 11 is 1.22. The molecule has 0 N–H and O–H groups in total. The van der Waals surface area contributed by atoms with Gasteiger partial charge in [-0.25, -0.2) is 8.42 Å². The van der Waals surface area contributed by atoms with Crippen LogP contribution in [-0.4, -0.2) is 48.7 Å². The molecule has 0 saturated carbocycles. The van der Waals surface area contributed by atoms with Crippen LogP contribution in [0.15, 0.2) is 59.6 Å². The molecule has 2 heterocycles. The molecular formula is C21H19F3N2O4S2. The second-order valence-electron chi connectivity index (χ2n) is 7.49. The predicted octanol–water partition coefficient (Wildman–Crippen LogP) is 3.82. The van der Waals surface area contributed by atoms with Crippen molar-refractivity contribution in [2.45, 2.75) is 30.5 Å². The van der Waals surface area contributed by atoms with Crippen LogP contribution >= 0.6 is 11.8 Å². The minimum atomic E-state index is -4.81. The molecule has 0 bridgehead atoms. The van der Waals surface area contributed by atoms with Gasteiger partial charge in [0, 0.05) is 17.4 Å². The Labute approximate surface area is 187 Å². The average molecular weight is 485 g/mol. The number of anilines is 1. The summed E-state index contributed by atoms with van der Waals surface area (Å²) in [6, 6.07) is 14.1. The van der Waals surface area contributed by atoms with Gasteiger partial charge < -0.3 is 9.64 Å². The van der Waals surface area contributed by atoms with Gasteiger partial charge in [-0.3, -0.25) is 4.79 Å². The number of sulfone groups is 1. The lowest BCUT2D eigenvalue weighted by atomic mass is 10.1. The SMILES string of the molecule is O=C(CCc1ccccc1)N=C1SC2CS(=O)(=O)CC2N1c1ccc(OC(F)(F)F)cc1. The number of halogens is 3. The number of nitrogens with zero attached hydrogens (tertiary/aromatic N) is 2. The van der Waals surface area contributed by atoms with Crippen LogP contribution in [0.25, 0.3) is 0 Å². The highest BCUT2D eigenvalue weighted by Gasteiger charge is 2.49. The summed E-state index contributed by atoms with van der Waals surface area (Å²) in [6.45, 7) is 0. The number of fused-ring (bicyclic) bond motifs is 1. The molecule has 2 fully saturated rings. The van der Waals surface area contributed by atoms with Crippen molar-refractivity contribution >= 4 is 38.4 Å². The monoisotopic (exact) mass is 484 g/mol. The van der Waals surface area contributed by atoms with Crippen LogP contribution in [0.4, 0.5) is 18.9 Å². The fraction of sp³-hybridized carbons (Fsp3) is 0.333. The van der Waals surface area contributed by atoms with Gasteiger partial charge in [0.25, 0.3) is 0 Å². The zero-order valence-corrected chi connectivity index (χ0v) is 18.3. The van der Waals surface area contributed by atoms with Gasteiger partial charge in [-0.1, -0.05) is 42.1 Å². The van der Waals surface area contributed by atoms with E-state index in [9.17, 15) is 26.4 Å². The van der Waals surface area contributed by atoms with E-state index in [4.69, 9.17) is 0 Å². The quantitative estimate of drug-likeness (QED) is 0.642. The summed E-state index contributed by atoms with van der Waals surface area (Å²) in [6.07, 6.45) is -4.10. The molecule has 2 saturated heterocycles. The Kier molecular flexibility index (Phi) is 6.22. The van der Waals surface area contributed by atoms with Crippen molar-refractivity contribution in [1.82, 2.24) is 0 Å². The summed E-state index contributed by atoms with van der Waals surface area (Å²) in [5.41, 5.74) is 1.45. The van der Waals surface area contributed by atoms with Crippen molar-refractivity contribution in [3.63, 3.8) is 0 Å². The Balaban J connectivity index is 1.56. The van der Waals surface area contributed by atoms with Gasteiger partial charge in [0.05, 0.1) is 17.5 Å². The number of hydrogen-bond acceptors (Lipinski definition) is 5. The summed E-state index contributed by atoms with van der Waals surface area (Å²) in [7, 11) is -3.25. The van der Waals surface area contributed by atoms with E-state index in [1.807, 2.05) is 30.3 Å². The lowest BCUT2D eigenvalue weighted by Crippen LogP contribution is -2.37. The third-order valence-corrected chi connectivity index (χ3v) is 8.32. The largest absolute Gasteiger partial charge is 0.573 e. The molecule has 0 aliphatic carbocycles. The minimum Gasteiger partial charge on any atom is -0.406 e. The Bertz CT molecular complexity index is 1120. The van der Waals surface area contributed by atoms with Crippen LogP contribution < -0.4 is 9.64 Å². The number of aryl methyl sites for hydroxylation is 1. The smallest absolute Gasteiger partial charge is 0.406 e. The zero-order valence-electron chi connectivity index (χ0n) is 16.7. The number of carbonyl (C=O) groups excluding carboxylic acids is 1. The number of alkyl halides is 3. The third-order valence-electron chi connectivity index (χ3n) is 5.11. The molecule has 0 aromatic heterocycles. The number of aliphatic imine (C=N–C) groups is 1. The Morgan fingerprint density at radius 2 is 1.78 bits per heavy atom. The van der Waals surface area contributed by atoms with Gasteiger partial charge in [0.15, 0.2) is 15.0 Å². The predicted molar refractivity (Wildman–Crippen MR) is 117 cm³/mol. The molecule has 11 heteroatoms. The van der Waals surface area contributed by atoms with E-state index < -0.39 is 22.2 Å². The normalized spacial score (nSPS) is 23.3. The van der Waals surface area contributed by atoms with Crippen molar-refractivity contribution in [2.75, 3.05) is 16.4 Å². The van der Waals surface area contributed by atoms with Crippen LogP contribution in [0.3, 0.4) is 0 Å². The lowest BCUT2D eigenvalue weighted by Gasteiger charge is -2.24. The van der Waals surface area contributed by atoms with E-state index in [0.29, 0.717) is 17.3 Å². The van der Waals surface area contributed by atoms with E-state index in [0.717, 1.165) is 17.7 Å². The number of amides is 1. The molecule has 2 atom stereocenters. The van der Waals surface area contributed by atoms with Gasteiger partial charge in [0.1, 0.15) is 5.75 Å². The maximum atomic E-state index is 12.5. The van der Waals surface area contributed by atoms with Crippen molar-refractivity contribution in [3.05, 3.63) is 60.2 Å². The molecule has 6 nitrogen and oxygen atoms in total. The first-order valence-electron chi connectivity index (χ1n) is 9.77. The molecule has 0 radical (unpaired) electrons. The molecular weight excluding hydrogens is 465 g/mol. The van der Waals surface area contributed by atoms with Gasteiger partial charge in [0.2, 0.25) is 5.91 Å². The number of thioether (sulfide) groups is 1. The first-order chi connectivity index (χ1) is 15.1. The highest BCUT2D eigenvalue weighted by molar-refractivity contribution is 8.16. The number of carbonyl (C=O) groups is 1. The highest BCUT2D eigenvalue weighted by Crippen LogP contribution is 2.41. The van der Waals surface area contributed by atoms with Crippen LogP contribution in [0.5, 0.6) is 5.75 Å². The van der Waals surface area contributed by atoms with Gasteiger partial charge in [-0.15, -0.1) is 13.2 Å². The molecule has 4 rings (SSSR count). The third kappa shape index (κ3) is 5.44. The number of rotatable bonds is 5. The van der Waals surface area contributed by atoms with Crippen LogP contribution in [-0.2, 0) is 21.1 Å². The van der Waals surface area contributed by atoms with E-state index in [-0.39, 0.29) is 34.8 Å². The van der Waals surface area contributed by atoms with Gasteiger partial charge in [-0.05, 0) is 36.2 Å². The van der Waals surface area contributed by atoms with E-state index in [2.05, 4.69) is 9.73 Å². The maximum absolute atomic E-state index is 12.5. The molecule has 2 aromatic carbocycles. The molecule has 2 unspecified atom stereocenters. The van der Waals surface area contributed by atoms with Crippen molar-refractivity contribution in [3.8, 4) is 5.75 Å². The Morgan fingerprint density at radius 3 is 2.44 bits per heavy atom. The van der Waals surface area contributed by atoms with E-state index in [1.165, 1.54) is 23.9 Å². The molecule has 2 aliphatic heterocycles. The molecule has 2 aliphatic rings. The fourth-order valence-corrected chi connectivity index (χ4v) is 7.66. The lowest BCUT2D eigenvalue weighted by molar-refractivity contribution is -0.274. The van der Waals surface area contributed by atoms with Gasteiger partial charge >= 0.3 is 6.36 Å². The second kappa shape index (κ2) is 8.78. The fourth-order valence-electron chi connectivity index (χ4n) is 3.73. The number of benzene rings is 2. The Hall–Kier alpha value is -2.53. The maximum Gasteiger partial charge on any atom is 0.573 e. The number of amidine groups is 1. The van der Waals surface area contributed by atoms with Crippen molar-refractivity contribution in [1.29, 1.82) is 0 Å². The first kappa shape index (κ1) is 22.7. The van der Waals surface area contributed by atoms with E-state index >= 15 is 0 Å². The molecule has 170 valence electrons. The zero-order chi connectivity index (χ0) is 22.9. The molecule has 32 heavy (non-hydrogen) atoms. The van der Waals surface area contributed by atoms with Crippen molar-refractivity contribution in [2.24, 2.45) is 4.99 Å². The summed E-state index contributed by atoms with van der Waals surface area (Å²) in [5, 5.41) is 0.0595. The number of hydrogen-bond donors (Lipinski definition) is 0. The minimum absolute atomic E-state index is 0.0364. The summed E-state index contributed by atoms with van der Waals surface area (Å²) in [4.78, 5) is 18.4. The van der Waals surface area contributed by atoms with Crippen LogP contribution in [0.2, 0.25) is 0 Å². The summed E-state index contributed by atoms with van der Waals surface area (Å²) in [5.74, 6) is -0.879. The Morgan fingerprint density at radius 1 is 1.09 bits per heavy atom. The first-order valence-corrected chi connectivity index (χ1v) is 12.5. The standard InChI is InChI=1S/C21H19F3N2O4S2/c22-21(23,24)30-16-9-7-15(8-10-16)26-17-12-32(28,29)13-18(17)31-20(26)25-19(27)11-6-14-4-2-1-3-5-14/h1-5,7-10,17-18H,6,11-13H2. The molecule has 0 spiro atoms. The topological polar surface area (TPSA) is 76.0 Å². The van der Waals surface area contributed by atoms with Crippen LogP contribution in [0.1, 0.15) is 12.0 Å². The number of ether oxygens (including phenoxy) is 1. The molecule has 2 aromatic rings. The molecule has 1 amide bonds. The van der Waals surface area contributed by atoms with Gasteiger partial charge in [-0.2, -0.15) is 4.99 Å². The summed E-state index contributed by atoms with van der Waals surface area (Å²) < 4.78 is 65.5. The highest BCUT2D eigenvalue weighted by atomic mass is 32.2.